The fourth-order valence-corrected chi connectivity index (χ4v) is 2.02. The molecule has 0 aromatic carbocycles. The zero-order valence-corrected chi connectivity index (χ0v) is 11.4. The van der Waals surface area contributed by atoms with Gasteiger partial charge >= 0.3 is 0 Å². The van der Waals surface area contributed by atoms with Gasteiger partial charge in [-0.05, 0) is 13.3 Å². The van der Waals surface area contributed by atoms with E-state index in [-0.39, 0.29) is 0 Å². The second-order valence-corrected chi connectivity index (χ2v) is 4.71. The van der Waals surface area contributed by atoms with Gasteiger partial charge in [0.2, 0.25) is 5.95 Å². The van der Waals surface area contributed by atoms with Gasteiger partial charge in [0.25, 0.3) is 0 Å². The van der Waals surface area contributed by atoms with Gasteiger partial charge in [-0.25, -0.2) is 5.84 Å². The van der Waals surface area contributed by atoms with E-state index in [0.29, 0.717) is 17.6 Å². The molecule has 0 spiro atoms. The molecule has 2 aromatic heterocycles. The summed E-state index contributed by atoms with van der Waals surface area (Å²) in [7, 11) is 0. The minimum Gasteiger partial charge on any atom is -0.367 e. The van der Waals surface area contributed by atoms with Crippen LogP contribution in [0.15, 0.2) is 6.20 Å². The maximum atomic E-state index is 5.37. The number of hydrogen-bond acceptors (Lipinski definition) is 6. The van der Waals surface area contributed by atoms with E-state index in [1.807, 2.05) is 0 Å². The lowest BCUT2D eigenvalue weighted by molar-refractivity contribution is 0.614. The van der Waals surface area contributed by atoms with Crippen molar-refractivity contribution in [1.82, 2.24) is 20.2 Å². The predicted octanol–water partition coefficient (Wildman–Crippen LogP) is 2.02. The SMILES string of the molecule is CCCCCC(C)Nc1nc(NN)nc2[nH]ncc12. The second-order valence-electron chi connectivity index (χ2n) is 4.71. The van der Waals surface area contributed by atoms with Crippen LogP contribution in [0.2, 0.25) is 0 Å². The van der Waals surface area contributed by atoms with E-state index < -0.39 is 0 Å². The van der Waals surface area contributed by atoms with Crippen molar-refractivity contribution in [2.45, 2.75) is 45.6 Å². The number of nitrogens with zero attached hydrogens (tertiary/aromatic N) is 3. The number of aromatic amines is 1. The fourth-order valence-electron chi connectivity index (χ4n) is 2.02. The first-order valence-electron chi connectivity index (χ1n) is 6.68. The molecule has 2 rings (SSSR count). The van der Waals surface area contributed by atoms with Gasteiger partial charge < -0.3 is 5.32 Å². The van der Waals surface area contributed by atoms with Gasteiger partial charge in [-0.1, -0.05) is 26.2 Å². The Balaban J connectivity index is 2.12. The van der Waals surface area contributed by atoms with Crippen molar-refractivity contribution in [2.24, 2.45) is 5.84 Å². The van der Waals surface area contributed by atoms with Crippen LogP contribution in [-0.4, -0.2) is 26.2 Å². The van der Waals surface area contributed by atoms with Crippen molar-refractivity contribution in [2.75, 3.05) is 10.7 Å². The number of hydrogen-bond donors (Lipinski definition) is 4. The molecule has 0 aliphatic heterocycles. The van der Waals surface area contributed by atoms with Crippen molar-refractivity contribution in [3.8, 4) is 0 Å². The Kier molecular flexibility index (Phi) is 4.51. The molecule has 0 saturated carbocycles. The molecule has 0 aliphatic carbocycles. The first-order valence-corrected chi connectivity index (χ1v) is 6.68. The molecule has 104 valence electrons. The molecule has 1 atom stereocenters. The largest absolute Gasteiger partial charge is 0.367 e. The molecule has 0 fully saturated rings. The summed E-state index contributed by atoms with van der Waals surface area (Å²) in [4.78, 5) is 8.53. The van der Waals surface area contributed by atoms with Crippen LogP contribution in [0, 0.1) is 0 Å². The highest BCUT2D eigenvalue weighted by Gasteiger charge is 2.11. The van der Waals surface area contributed by atoms with Crippen molar-refractivity contribution >= 4 is 22.8 Å². The molecular weight excluding hydrogens is 242 g/mol. The lowest BCUT2D eigenvalue weighted by atomic mass is 10.1. The van der Waals surface area contributed by atoms with Gasteiger partial charge in [0.05, 0.1) is 11.6 Å². The Morgan fingerprint density at radius 1 is 1.37 bits per heavy atom. The Morgan fingerprint density at radius 3 is 2.95 bits per heavy atom. The van der Waals surface area contributed by atoms with Crippen molar-refractivity contribution in [1.29, 1.82) is 0 Å². The van der Waals surface area contributed by atoms with Crippen molar-refractivity contribution in [3.05, 3.63) is 6.20 Å². The molecule has 2 heterocycles. The minimum atomic E-state index is 0.352. The Morgan fingerprint density at radius 2 is 2.21 bits per heavy atom. The number of fused-ring (bicyclic) bond motifs is 1. The number of aromatic nitrogens is 4. The summed E-state index contributed by atoms with van der Waals surface area (Å²) in [5.74, 6) is 6.51. The first-order chi connectivity index (χ1) is 9.24. The van der Waals surface area contributed by atoms with E-state index in [0.717, 1.165) is 17.6 Å². The van der Waals surface area contributed by atoms with E-state index in [4.69, 9.17) is 5.84 Å². The number of H-pyrrole nitrogens is 1. The summed E-state index contributed by atoms with van der Waals surface area (Å²) >= 11 is 0. The average Bonchev–Trinajstić information content (AvgIpc) is 2.87. The molecule has 7 heteroatoms. The van der Waals surface area contributed by atoms with Gasteiger partial charge in [-0.15, -0.1) is 0 Å². The second kappa shape index (κ2) is 6.33. The smallest absolute Gasteiger partial charge is 0.241 e. The van der Waals surface area contributed by atoms with Gasteiger partial charge in [-0.2, -0.15) is 15.1 Å². The van der Waals surface area contributed by atoms with Crippen LogP contribution in [0.3, 0.4) is 0 Å². The Bertz CT molecular complexity index is 522. The normalized spacial score (nSPS) is 12.6. The lowest BCUT2D eigenvalue weighted by Gasteiger charge is -2.15. The zero-order valence-electron chi connectivity index (χ0n) is 11.4. The minimum absolute atomic E-state index is 0.352. The average molecular weight is 263 g/mol. The fraction of sp³-hybridized carbons (Fsp3) is 0.583. The monoisotopic (exact) mass is 263 g/mol. The van der Waals surface area contributed by atoms with Gasteiger partial charge in [0, 0.05) is 6.04 Å². The molecule has 0 bridgehead atoms. The molecule has 1 unspecified atom stereocenters. The van der Waals surface area contributed by atoms with E-state index >= 15 is 0 Å². The molecule has 2 aromatic rings. The summed E-state index contributed by atoms with van der Waals surface area (Å²) in [5, 5.41) is 11.1. The van der Waals surface area contributed by atoms with Crippen LogP contribution in [-0.2, 0) is 0 Å². The third-order valence-electron chi connectivity index (χ3n) is 3.06. The van der Waals surface area contributed by atoms with Crippen molar-refractivity contribution in [3.63, 3.8) is 0 Å². The number of hydrazine groups is 1. The van der Waals surface area contributed by atoms with Crippen LogP contribution in [0.1, 0.15) is 39.5 Å². The van der Waals surface area contributed by atoms with Gasteiger partial charge in [0.1, 0.15) is 5.82 Å². The summed E-state index contributed by atoms with van der Waals surface area (Å²) in [6.45, 7) is 4.36. The summed E-state index contributed by atoms with van der Waals surface area (Å²) in [6.07, 6.45) is 6.53. The van der Waals surface area contributed by atoms with Gasteiger partial charge in [-0.3, -0.25) is 10.5 Å². The number of rotatable bonds is 7. The standard InChI is InChI=1S/C12H21N7/c1-3-4-5-6-8(2)15-10-9-7-14-19-11(9)17-12(16-10)18-13/h7-8H,3-6,13H2,1-2H3,(H3,14,15,16,17,18,19). The molecule has 7 nitrogen and oxygen atoms in total. The Hall–Kier alpha value is -1.89. The molecule has 19 heavy (non-hydrogen) atoms. The van der Waals surface area contributed by atoms with Crippen molar-refractivity contribution < 1.29 is 0 Å². The first kappa shape index (κ1) is 13.5. The molecular formula is C12H21N7. The molecule has 0 amide bonds. The third kappa shape index (κ3) is 3.31. The number of nitrogens with one attached hydrogen (secondary N) is 3. The van der Waals surface area contributed by atoms with E-state index in [9.17, 15) is 0 Å². The van der Waals surface area contributed by atoms with Crippen LogP contribution in [0.4, 0.5) is 11.8 Å². The molecule has 0 aliphatic rings. The highest BCUT2D eigenvalue weighted by Crippen LogP contribution is 2.21. The lowest BCUT2D eigenvalue weighted by Crippen LogP contribution is -2.18. The van der Waals surface area contributed by atoms with E-state index in [2.05, 4.69) is 44.8 Å². The topological polar surface area (TPSA) is 105 Å². The predicted molar refractivity (Wildman–Crippen MR) is 76.7 cm³/mol. The quantitative estimate of drug-likeness (QED) is 0.346. The van der Waals surface area contributed by atoms with Crippen LogP contribution in [0.5, 0.6) is 0 Å². The maximum Gasteiger partial charge on any atom is 0.241 e. The van der Waals surface area contributed by atoms with Gasteiger partial charge in [0.15, 0.2) is 5.65 Å². The summed E-state index contributed by atoms with van der Waals surface area (Å²) in [6, 6.07) is 0.352. The van der Waals surface area contributed by atoms with Crippen LogP contribution in [0.25, 0.3) is 11.0 Å². The van der Waals surface area contributed by atoms with Crippen LogP contribution >= 0.6 is 0 Å². The van der Waals surface area contributed by atoms with Crippen LogP contribution < -0.4 is 16.6 Å². The number of nitrogens with two attached hydrogens (primary N) is 1. The third-order valence-corrected chi connectivity index (χ3v) is 3.06. The number of anilines is 2. The molecule has 5 N–H and O–H groups in total. The number of nitrogen functional groups attached to an aromatic ring is 1. The van der Waals surface area contributed by atoms with E-state index in [1.54, 1.807) is 6.20 Å². The zero-order chi connectivity index (χ0) is 13.7. The number of unbranched alkanes of at least 4 members (excludes halogenated alkanes) is 2. The maximum absolute atomic E-state index is 5.37. The van der Waals surface area contributed by atoms with E-state index in [1.165, 1.54) is 19.3 Å². The highest BCUT2D eigenvalue weighted by molar-refractivity contribution is 5.87. The Labute approximate surface area is 112 Å². The summed E-state index contributed by atoms with van der Waals surface area (Å²) in [5.41, 5.74) is 3.14. The molecule has 0 saturated heterocycles. The highest BCUT2D eigenvalue weighted by atomic mass is 15.3. The molecule has 0 radical (unpaired) electrons. The summed E-state index contributed by atoms with van der Waals surface area (Å²) < 4.78 is 0.